The van der Waals surface area contributed by atoms with Gasteiger partial charge in [0.15, 0.2) is 0 Å². The van der Waals surface area contributed by atoms with E-state index < -0.39 is 37.2 Å². The second-order valence-corrected chi connectivity index (χ2v) is 3.79. The van der Waals surface area contributed by atoms with Crippen LogP contribution in [0.4, 0.5) is 19.0 Å². The zero-order chi connectivity index (χ0) is 13.8. The summed E-state index contributed by atoms with van der Waals surface area (Å²) in [7, 11) is 0. The van der Waals surface area contributed by atoms with E-state index in [4.69, 9.17) is 15.3 Å². The summed E-state index contributed by atoms with van der Waals surface area (Å²) >= 11 is 0. The van der Waals surface area contributed by atoms with E-state index in [1.807, 2.05) is 0 Å². The molecule has 0 unspecified atom stereocenters. The van der Waals surface area contributed by atoms with Gasteiger partial charge < -0.3 is 20.6 Å². The zero-order valence-corrected chi connectivity index (χ0v) is 9.28. The number of pyridine rings is 1. The van der Waals surface area contributed by atoms with Gasteiger partial charge in [-0.1, -0.05) is 6.07 Å². The lowest BCUT2D eigenvalue weighted by molar-refractivity contribution is -0.141. The van der Waals surface area contributed by atoms with Crippen LogP contribution >= 0.6 is 0 Å². The summed E-state index contributed by atoms with van der Waals surface area (Å²) in [6, 6.07) is 3.17. The second-order valence-electron chi connectivity index (χ2n) is 3.79. The minimum Gasteiger partial charge on any atom is -0.394 e. The van der Waals surface area contributed by atoms with Gasteiger partial charge >= 0.3 is 6.18 Å². The highest BCUT2D eigenvalue weighted by atomic mass is 19.4. The highest BCUT2D eigenvalue weighted by Gasteiger charge is 2.33. The normalized spacial score (nSPS) is 12.6. The van der Waals surface area contributed by atoms with E-state index in [1.54, 1.807) is 0 Å². The van der Waals surface area contributed by atoms with Crippen molar-refractivity contribution in [3.8, 4) is 0 Å². The van der Waals surface area contributed by atoms with Crippen molar-refractivity contribution in [1.82, 2.24) is 4.98 Å². The maximum atomic E-state index is 12.4. The Labute approximate surface area is 101 Å². The first-order valence-electron chi connectivity index (χ1n) is 5.02. The van der Waals surface area contributed by atoms with Crippen LogP contribution in [0.5, 0.6) is 0 Å². The van der Waals surface area contributed by atoms with Crippen LogP contribution in [0.25, 0.3) is 0 Å². The van der Waals surface area contributed by atoms with Crippen molar-refractivity contribution < 1.29 is 28.5 Å². The Morgan fingerprint density at radius 3 is 2.06 bits per heavy atom. The number of hydrogen-bond donors (Lipinski definition) is 4. The highest BCUT2D eigenvalue weighted by molar-refractivity contribution is 5.39. The summed E-state index contributed by atoms with van der Waals surface area (Å²) in [5.74, 6) is -0.193. The molecule has 0 atom stereocenters. The van der Waals surface area contributed by atoms with Crippen LogP contribution in [0, 0.1) is 0 Å². The minimum atomic E-state index is -4.59. The van der Waals surface area contributed by atoms with Crippen molar-refractivity contribution in [2.75, 3.05) is 25.1 Å². The van der Waals surface area contributed by atoms with Crippen molar-refractivity contribution in [3.63, 3.8) is 0 Å². The lowest BCUT2D eigenvalue weighted by Gasteiger charge is -2.29. The molecule has 0 saturated heterocycles. The third kappa shape index (κ3) is 3.31. The van der Waals surface area contributed by atoms with Crippen LogP contribution in [0.1, 0.15) is 5.69 Å². The molecule has 0 radical (unpaired) electrons. The van der Waals surface area contributed by atoms with Gasteiger partial charge in [0.25, 0.3) is 0 Å². The van der Waals surface area contributed by atoms with Gasteiger partial charge in [0.1, 0.15) is 17.1 Å². The predicted octanol–water partition coefficient (Wildman–Crippen LogP) is 0.228. The monoisotopic (exact) mass is 266 g/mol. The van der Waals surface area contributed by atoms with E-state index >= 15 is 0 Å². The molecule has 0 aliphatic rings. The van der Waals surface area contributed by atoms with Gasteiger partial charge in [0.2, 0.25) is 0 Å². The first kappa shape index (κ1) is 14.7. The Hall–Kier alpha value is -1.38. The average Bonchev–Trinajstić information content (AvgIpc) is 2.35. The van der Waals surface area contributed by atoms with Crippen LogP contribution in [0.3, 0.4) is 0 Å². The summed E-state index contributed by atoms with van der Waals surface area (Å²) in [6.07, 6.45) is -4.59. The molecular formula is C10H13F3N2O3. The molecule has 0 saturated carbocycles. The van der Waals surface area contributed by atoms with Crippen LogP contribution in [-0.4, -0.2) is 45.7 Å². The summed E-state index contributed by atoms with van der Waals surface area (Å²) in [6.45, 7) is -1.96. The number of rotatable bonds is 5. The molecule has 0 amide bonds. The Bertz CT molecular complexity index is 386. The molecule has 1 heterocycles. The molecule has 1 aromatic rings. The SMILES string of the molecule is OCC(CO)(CO)Nc1cccc(C(F)(F)F)n1. The Kier molecular flexibility index (Phi) is 4.49. The molecule has 0 aromatic carbocycles. The number of halogens is 3. The number of aliphatic hydroxyl groups excluding tert-OH is 3. The Morgan fingerprint density at radius 2 is 1.61 bits per heavy atom. The number of hydrogen-bond acceptors (Lipinski definition) is 5. The molecule has 1 aromatic heterocycles. The van der Waals surface area contributed by atoms with Gasteiger partial charge in [0, 0.05) is 0 Å². The molecule has 18 heavy (non-hydrogen) atoms. The maximum absolute atomic E-state index is 12.4. The standard InChI is InChI=1S/C10H13F3N2O3/c11-10(12,13)7-2-1-3-8(14-7)15-9(4-16,5-17)6-18/h1-3,16-18H,4-6H2,(H,14,15). The van der Waals surface area contributed by atoms with Crippen LogP contribution < -0.4 is 5.32 Å². The number of nitrogens with one attached hydrogen (secondary N) is 1. The molecule has 0 bridgehead atoms. The fourth-order valence-corrected chi connectivity index (χ4v) is 1.20. The Morgan fingerprint density at radius 1 is 1.06 bits per heavy atom. The number of nitrogens with zero attached hydrogens (tertiary/aromatic N) is 1. The molecule has 0 spiro atoms. The fraction of sp³-hybridized carbons (Fsp3) is 0.500. The quantitative estimate of drug-likeness (QED) is 0.613. The lowest BCUT2D eigenvalue weighted by Crippen LogP contribution is -2.49. The summed E-state index contributed by atoms with van der Waals surface area (Å²) in [4.78, 5) is 3.30. The first-order chi connectivity index (χ1) is 8.37. The van der Waals surface area contributed by atoms with E-state index in [9.17, 15) is 13.2 Å². The predicted molar refractivity (Wildman–Crippen MR) is 56.9 cm³/mol. The van der Waals surface area contributed by atoms with E-state index in [1.165, 1.54) is 6.07 Å². The summed E-state index contributed by atoms with van der Waals surface area (Å²) in [5.41, 5.74) is -2.62. The average molecular weight is 266 g/mol. The van der Waals surface area contributed by atoms with Crippen LogP contribution in [-0.2, 0) is 6.18 Å². The van der Waals surface area contributed by atoms with Crippen molar-refractivity contribution in [2.24, 2.45) is 0 Å². The molecule has 0 aliphatic carbocycles. The van der Waals surface area contributed by atoms with Crippen molar-refractivity contribution in [1.29, 1.82) is 0 Å². The summed E-state index contributed by atoms with van der Waals surface area (Å²) in [5, 5.41) is 29.5. The number of aromatic nitrogens is 1. The summed E-state index contributed by atoms with van der Waals surface area (Å²) < 4.78 is 37.2. The Balaban J connectivity index is 2.98. The van der Waals surface area contributed by atoms with Crippen molar-refractivity contribution in [2.45, 2.75) is 11.7 Å². The van der Waals surface area contributed by atoms with Gasteiger partial charge in [-0.05, 0) is 12.1 Å². The molecular weight excluding hydrogens is 253 g/mol. The van der Waals surface area contributed by atoms with Gasteiger partial charge in [0.05, 0.1) is 19.8 Å². The molecule has 0 fully saturated rings. The molecule has 102 valence electrons. The number of anilines is 1. The second kappa shape index (κ2) is 5.51. The van der Waals surface area contributed by atoms with E-state index in [-0.39, 0.29) is 5.82 Å². The van der Waals surface area contributed by atoms with Gasteiger partial charge in [-0.3, -0.25) is 0 Å². The molecule has 8 heteroatoms. The largest absolute Gasteiger partial charge is 0.433 e. The minimum absolute atomic E-state index is 0.193. The third-order valence-corrected chi connectivity index (χ3v) is 2.34. The van der Waals surface area contributed by atoms with Crippen molar-refractivity contribution in [3.05, 3.63) is 23.9 Å². The van der Waals surface area contributed by atoms with Gasteiger partial charge in [-0.15, -0.1) is 0 Å². The molecule has 0 aliphatic heterocycles. The van der Waals surface area contributed by atoms with Crippen LogP contribution in [0.2, 0.25) is 0 Å². The van der Waals surface area contributed by atoms with Gasteiger partial charge in [-0.25, -0.2) is 4.98 Å². The number of aliphatic hydroxyl groups is 3. The lowest BCUT2D eigenvalue weighted by atomic mass is 10.0. The van der Waals surface area contributed by atoms with E-state index in [0.717, 1.165) is 12.1 Å². The number of alkyl halides is 3. The van der Waals surface area contributed by atoms with E-state index in [2.05, 4.69) is 10.3 Å². The molecule has 4 N–H and O–H groups in total. The molecule has 1 rings (SSSR count). The topological polar surface area (TPSA) is 85.6 Å². The van der Waals surface area contributed by atoms with E-state index in [0.29, 0.717) is 0 Å². The van der Waals surface area contributed by atoms with Crippen LogP contribution in [0.15, 0.2) is 18.2 Å². The molecule has 5 nitrogen and oxygen atoms in total. The first-order valence-corrected chi connectivity index (χ1v) is 5.02. The highest BCUT2D eigenvalue weighted by Crippen LogP contribution is 2.28. The zero-order valence-electron chi connectivity index (χ0n) is 9.28. The van der Waals surface area contributed by atoms with Gasteiger partial charge in [-0.2, -0.15) is 13.2 Å². The fourth-order valence-electron chi connectivity index (χ4n) is 1.20. The van der Waals surface area contributed by atoms with Crippen molar-refractivity contribution >= 4 is 5.82 Å². The smallest absolute Gasteiger partial charge is 0.394 e. The maximum Gasteiger partial charge on any atom is 0.433 e. The third-order valence-electron chi connectivity index (χ3n) is 2.34.